The van der Waals surface area contributed by atoms with E-state index in [-0.39, 0.29) is 6.04 Å². The molecule has 2 N–H and O–H groups in total. The van der Waals surface area contributed by atoms with Gasteiger partial charge in [0.1, 0.15) is 0 Å². The van der Waals surface area contributed by atoms with Gasteiger partial charge in [-0.2, -0.15) is 5.10 Å². The molecule has 1 heterocycles. The van der Waals surface area contributed by atoms with Gasteiger partial charge in [0.15, 0.2) is 0 Å². The van der Waals surface area contributed by atoms with Crippen molar-refractivity contribution in [2.24, 2.45) is 5.73 Å². The van der Waals surface area contributed by atoms with E-state index in [0.29, 0.717) is 0 Å². The van der Waals surface area contributed by atoms with Crippen LogP contribution in [0.3, 0.4) is 0 Å². The van der Waals surface area contributed by atoms with E-state index < -0.39 is 0 Å². The van der Waals surface area contributed by atoms with Crippen LogP contribution < -0.4 is 5.73 Å². The van der Waals surface area contributed by atoms with Gasteiger partial charge < -0.3 is 5.73 Å². The molecule has 0 amide bonds. The minimum atomic E-state index is 0.00361. The second kappa shape index (κ2) is 5.67. The van der Waals surface area contributed by atoms with Crippen molar-refractivity contribution in [1.82, 2.24) is 9.78 Å². The predicted octanol–water partition coefficient (Wildman–Crippen LogP) is 3.22. The van der Waals surface area contributed by atoms with Crippen molar-refractivity contribution in [2.45, 2.75) is 32.9 Å². The summed E-state index contributed by atoms with van der Waals surface area (Å²) < 4.78 is 3.09. The first kappa shape index (κ1) is 13.3. The monoisotopic (exact) mass is 307 g/mol. The number of nitrogens with zero attached hydrogens (tertiary/aromatic N) is 2. The Bertz CT molecular complexity index is 534. The van der Waals surface area contributed by atoms with Crippen LogP contribution in [0.15, 0.2) is 34.8 Å². The Hall–Kier alpha value is -1.13. The zero-order valence-corrected chi connectivity index (χ0v) is 12.3. The molecule has 0 spiro atoms. The van der Waals surface area contributed by atoms with E-state index in [1.165, 1.54) is 5.69 Å². The maximum atomic E-state index is 6.27. The highest BCUT2D eigenvalue weighted by atomic mass is 79.9. The molecule has 1 aromatic carbocycles. The molecule has 1 unspecified atom stereocenters. The number of hydrogen-bond donors (Lipinski definition) is 1. The molecule has 3 nitrogen and oxygen atoms in total. The van der Waals surface area contributed by atoms with Crippen molar-refractivity contribution in [3.63, 3.8) is 0 Å². The van der Waals surface area contributed by atoms with E-state index in [9.17, 15) is 0 Å². The molecule has 0 aliphatic heterocycles. The number of halogens is 1. The average Bonchev–Trinajstić information content (AvgIpc) is 2.69. The second-order valence-electron chi connectivity index (χ2n) is 4.46. The first-order valence-electron chi connectivity index (χ1n) is 6.14. The van der Waals surface area contributed by atoms with Gasteiger partial charge in [0.05, 0.1) is 5.69 Å². The lowest BCUT2D eigenvalue weighted by Gasteiger charge is -2.13. The van der Waals surface area contributed by atoms with E-state index in [0.717, 1.165) is 28.7 Å². The molecule has 1 aromatic heterocycles. The summed E-state index contributed by atoms with van der Waals surface area (Å²) in [6, 6.07) is 10.3. The molecule has 0 bridgehead atoms. The van der Waals surface area contributed by atoms with Crippen molar-refractivity contribution in [3.05, 3.63) is 51.8 Å². The van der Waals surface area contributed by atoms with Gasteiger partial charge in [0, 0.05) is 29.2 Å². The third-order valence-corrected chi connectivity index (χ3v) is 3.48. The summed E-state index contributed by atoms with van der Waals surface area (Å²) in [6.07, 6.45) is 0.811. The fourth-order valence-electron chi connectivity index (χ4n) is 2.12. The van der Waals surface area contributed by atoms with Crippen LogP contribution in [0.1, 0.15) is 29.9 Å². The average molecular weight is 308 g/mol. The van der Waals surface area contributed by atoms with Gasteiger partial charge in [-0.25, -0.2) is 0 Å². The van der Waals surface area contributed by atoms with E-state index in [2.05, 4.69) is 46.2 Å². The quantitative estimate of drug-likeness (QED) is 0.942. The first-order chi connectivity index (χ1) is 8.60. The van der Waals surface area contributed by atoms with Gasteiger partial charge >= 0.3 is 0 Å². The number of rotatable bonds is 4. The molecule has 0 fully saturated rings. The highest BCUT2D eigenvalue weighted by Crippen LogP contribution is 2.20. The predicted molar refractivity (Wildman–Crippen MR) is 77.4 cm³/mol. The summed E-state index contributed by atoms with van der Waals surface area (Å²) in [4.78, 5) is 0. The third kappa shape index (κ3) is 3.00. The molecule has 2 aromatic rings. The lowest BCUT2D eigenvalue weighted by molar-refractivity contribution is 0.587. The number of hydrogen-bond acceptors (Lipinski definition) is 2. The SMILES string of the molecule is CCn1nc(C)cc1CC(N)c1cccc(Br)c1. The largest absolute Gasteiger partial charge is 0.324 e. The molecule has 0 saturated carbocycles. The molecule has 96 valence electrons. The van der Waals surface area contributed by atoms with Crippen LogP contribution in [0.5, 0.6) is 0 Å². The standard InChI is InChI=1S/C14H18BrN3/c1-3-18-13(7-10(2)17-18)9-14(16)11-5-4-6-12(15)8-11/h4-8,14H,3,9,16H2,1-2H3. The molecule has 1 atom stereocenters. The van der Waals surface area contributed by atoms with Crippen molar-refractivity contribution in [1.29, 1.82) is 0 Å². The fourth-order valence-corrected chi connectivity index (χ4v) is 2.53. The van der Waals surface area contributed by atoms with Crippen LogP contribution in [0.2, 0.25) is 0 Å². The topological polar surface area (TPSA) is 43.8 Å². The molecular formula is C14H18BrN3. The Morgan fingerprint density at radius 2 is 2.17 bits per heavy atom. The smallest absolute Gasteiger partial charge is 0.0596 e. The van der Waals surface area contributed by atoms with Crippen LogP contribution in [0.4, 0.5) is 0 Å². The van der Waals surface area contributed by atoms with E-state index in [4.69, 9.17) is 5.73 Å². The van der Waals surface area contributed by atoms with Crippen LogP contribution in [0, 0.1) is 6.92 Å². The molecule has 2 rings (SSSR count). The van der Waals surface area contributed by atoms with Crippen molar-refractivity contribution < 1.29 is 0 Å². The van der Waals surface area contributed by atoms with Crippen molar-refractivity contribution >= 4 is 15.9 Å². The summed E-state index contributed by atoms with van der Waals surface area (Å²) in [7, 11) is 0. The Morgan fingerprint density at radius 1 is 1.39 bits per heavy atom. The van der Waals surface area contributed by atoms with Crippen LogP contribution >= 0.6 is 15.9 Å². The van der Waals surface area contributed by atoms with Crippen LogP contribution in [0.25, 0.3) is 0 Å². The lowest BCUT2D eigenvalue weighted by atomic mass is 10.0. The summed E-state index contributed by atoms with van der Waals surface area (Å²) in [6.45, 7) is 5.00. The van der Waals surface area contributed by atoms with Gasteiger partial charge in [0.25, 0.3) is 0 Å². The normalized spacial score (nSPS) is 12.7. The molecule has 18 heavy (non-hydrogen) atoms. The molecular weight excluding hydrogens is 290 g/mol. The summed E-state index contributed by atoms with van der Waals surface area (Å²) in [5, 5.41) is 4.45. The highest BCUT2D eigenvalue weighted by molar-refractivity contribution is 9.10. The van der Waals surface area contributed by atoms with Gasteiger partial charge in [-0.05, 0) is 37.6 Å². The maximum Gasteiger partial charge on any atom is 0.0596 e. The van der Waals surface area contributed by atoms with Crippen LogP contribution in [-0.4, -0.2) is 9.78 Å². The first-order valence-corrected chi connectivity index (χ1v) is 6.94. The van der Waals surface area contributed by atoms with E-state index in [1.54, 1.807) is 0 Å². The van der Waals surface area contributed by atoms with Crippen molar-refractivity contribution in [2.75, 3.05) is 0 Å². The minimum Gasteiger partial charge on any atom is -0.324 e. The molecule has 4 heteroatoms. The zero-order valence-electron chi connectivity index (χ0n) is 10.7. The Labute approximate surface area is 116 Å². The number of nitrogens with two attached hydrogens (primary N) is 1. The van der Waals surface area contributed by atoms with Crippen molar-refractivity contribution in [3.8, 4) is 0 Å². The summed E-state index contributed by atoms with van der Waals surface area (Å²) in [5.74, 6) is 0. The fraction of sp³-hybridized carbons (Fsp3) is 0.357. The minimum absolute atomic E-state index is 0.00361. The van der Waals surface area contributed by atoms with E-state index >= 15 is 0 Å². The maximum absolute atomic E-state index is 6.27. The number of aryl methyl sites for hydroxylation is 2. The molecule has 0 radical (unpaired) electrons. The number of aromatic nitrogens is 2. The molecule has 0 aliphatic carbocycles. The number of benzene rings is 1. The lowest BCUT2D eigenvalue weighted by Crippen LogP contribution is -2.16. The highest BCUT2D eigenvalue weighted by Gasteiger charge is 2.11. The zero-order chi connectivity index (χ0) is 13.1. The Morgan fingerprint density at radius 3 is 2.83 bits per heavy atom. The second-order valence-corrected chi connectivity index (χ2v) is 5.37. The van der Waals surface area contributed by atoms with Crippen LogP contribution in [-0.2, 0) is 13.0 Å². The van der Waals surface area contributed by atoms with Gasteiger partial charge in [0.2, 0.25) is 0 Å². The third-order valence-electron chi connectivity index (χ3n) is 2.99. The van der Waals surface area contributed by atoms with E-state index in [1.807, 2.05) is 23.7 Å². The van der Waals surface area contributed by atoms with Gasteiger partial charge in [-0.3, -0.25) is 4.68 Å². The molecule has 0 aliphatic rings. The Kier molecular flexibility index (Phi) is 4.19. The molecule has 0 saturated heterocycles. The van der Waals surface area contributed by atoms with Gasteiger partial charge in [-0.15, -0.1) is 0 Å². The van der Waals surface area contributed by atoms with Gasteiger partial charge in [-0.1, -0.05) is 28.1 Å². The Balaban J connectivity index is 2.18. The summed E-state index contributed by atoms with van der Waals surface area (Å²) in [5.41, 5.74) is 9.66. The summed E-state index contributed by atoms with van der Waals surface area (Å²) >= 11 is 3.48.